The van der Waals surface area contributed by atoms with E-state index in [0.29, 0.717) is 24.1 Å². The van der Waals surface area contributed by atoms with Crippen LogP contribution in [0.5, 0.6) is 0 Å². The van der Waals surface area contributed by atoms with Crippen molar-refractivity contribution in [3.63, 3.8) is 0 Å². The first kappa shape index (κ1) is 12.5. The molecule has 1 N–H and O–H groups in total. The van der Waals surface area contributed by atoms with E-state index in [0.717, 1.165) is 6.07 Å². The highest BCUT2D eigenvalue weighted by Crippen LogP contribution is 2.27. The number of benzene rings is 1. The Morgan fingerprint density at radius 2 is 1.76 bits per heavy atom. The van der Waals surface area contributed by atoms with Crippen LogP contribution in [0.2, 0.25) is 0 Å². The minimum Gasteiger partial charge on any atom is -0.310 e. The fourth-order valence-electron chi connectivity index (χ4n) is 2.62. The fraction of sp³-hybridized carbons (Fsp3) is 0.571. The van der Waals surface area contributed by atoms with Crippen LogP contribution in [0.4, 0.5) is 8.78 Å². The van der Waals surface area contributed by atoms with Crippen LogP contribution in [0.25, 0.3) is 0 Å². The van der Waals surface area contributed by atoms with Gasteiger partial charge < -0.3 is 5.32 Å². The van der Waals surface area contributed by atoms with Crippen LogP contribution in [0, 0.1) is 17.6 Å². The third kappa shape index (κ3) is 3.50. The highest BCUT2D eigenvalue weighted by molar-refractivity contribution is 5.17. The first-order chi connectivity index (χ1) is 8.15. The molecule has 0 spiro atoms. The predicted octanol–water partition coefficient (Wildman–Crippen LogP) is 3.63. The summed E-state index contributed by atoms with van der Waals surface area (Å²) in [4.78, 5) is 0. The van der Waals surface area contributed by atoms with Gasteiger partial charge in [0.15, 0.2) is 0 Å². The largest absolute Gasteiger partial charge is 0.310 e. The second-order valence-electron chi connectivity index (χ2n) is 4.99. The zero-order valence-electron chi connectivity index (χ0n) is 10.2. The molecule has 1 atom stereocenters. The lowest BCUT2D eigenvalue weighted by Gasteiger charge is -2.20. The molecule has 17 heavy (non-hydrogen) atoms. The van der Waals surface area contributed by atoms with Crippen molar-refractivity contribution >= 4 is 0 Å². The molecule has 0 saturated heterocycles. The summed E-state index contributed by atoms with van der Waals surface area (Å²) >= 11 is 0. The van der Waals surface area contributed by atoms with Crippen LogP contribution >= 0.6 is 0 Å². The van der Waals surface area contributed by atoms with Gasteiger partial charge in [-0.15, -0.1) is 0 Å². The van der Waals surface area contributed by atoms with Gasteiger partial charge in [-0.05, 0) is 43.4 Å². The molecule has 1 aliphatic rings. The van der Waals surface area contributed by atoms with E-state index in [1.54, 1.807) is 0 Å². The lowest BCUT2D eigenvalue weighted by molar-refractivity contribution is 0.380. The van der Waals surface area contributed by atoms with Crippen molar-refractivity contribution in [3.8, 4) is 0 Å². The molecule has 0 radical (unpaired) electrons. The van der Waals surface area contributed by atoms with Crippen LogP contribution in [0.15, 0.2) is 18.2 Å². The van der Waals surface area contributed by atoms with Gasteiger partial charge in [-0.1, -0.05) is 12.8 Å². The number of rotatable bonds is 4. The number of hydrogen-bond donors (Lipinski definition) is 1. The van der Waals surface area contributed by atoms with E-state index in [1.807, 2.05) is 0 Å². The van der Waals surface area contributed by atoms with E-state index in [2.05, 4.69) is 12.2 Å². The molecule has 1 fully saturated rings. The third-order valence-corrected chi connectivity index (χ3v) is 3.66. The molecule has 0 aromatic heterocycles. The van der Waals surface area contributed by atoms with E-state index in [1.165, 1.54) is 37.8 Å². The summed E-state index contributed by atoms with van der Waals surface area (Å²) in [7, 11) is 0. The lowest BCUT2D eigenvalue weighted by atomic mass is 9.99. The summed E-state index contributed by atoms with van der Waals surface area (Å²) in [6.07, 6.45) is 5.16. The second-order valence-corrected chi connectivity index (χ2v) is 4.99. The third-order valence-electron chi connectivity index (χ3n) is 3.66. The Kier molecular flexibility index (Phi) is 4.11. The minimum absolute atomic E-state index is 0.420. The summed E-state index contributed by atoms with van der Waals surface area (Å²) < 4.78 is 26.0. The van der Waals surface area contributed by atoms with Crippen molar-refractivity contribution in [2.75, 3.05) is 0 Å². The average molecular weight is 239 g/mol. The van der Waals surface area contributed by atoms with Crippen molar-refractivity contribution in [2.24, 2.45) is 5.92 Å². The lowest BCUT2D eigenvalue weighted by Crippen LogP contribution is -2.31. The molecule has 3 heteroatoms. The summed E-state index contributed by atoms with van der Waals surface area (Å²) in [5.74, 6) is -0.293. The van der Waals surface area contributed by atoms with Gasteiger partial charge in [0.1, 0.15) is 11.6 Å². The number of halogens is 2. The zero-order valence-corrected chi connectivity index (χ0v) is 10.2. The second kappa shape index (κ2) is 5.58. The summed E-state index contributed by atoms with van der Waals surface area (Å²) in [5, 5.41) is 3.36. The maximum atomic E-state index is 13.0. The van der Waals surface area contributed by atoms with Crippen LogP contribution in [0.3, 0.4) is 0 Å². The molecule has 1 aromatic carbocycles. The first-order valence-corrected chi connectivity index (χ1v) is 6.33. The SMILES string of the molecule is C[C@H](NCc1cc(F)cc(F)c1)C1CCCC1. The van der Waals surface area contributed by atoms with E-state index in [9.17, 15) is 8.78 Å². The maximum Gasteiger partial charge on any atom is 0.126 e. The Labute approximate surface area is 101 Å². The number of hydrogen-bond acceptors (Lipinski definition) is 1. The van der Waals surface area contributed by atoms with Gasteiger partial charge in [0.05, 0.1) is 0 Å². The maximum absolute atomic E-state index is 13.0. The highest BCUT2D eigenvalue weighted by atomic mass is 19.1. The molecule has 94 valence electrons. The van der Waals surface area contributed by atoms with Crippen molar-refractivity contribution in [3.05, 3.63) is 35.4 Å². The molecule has 1 saturated carbocycles. The minimum atomic E-state index is -0.504. The van der Waals surface area contributed by atoms with E-state index in [4.69, 9.17) is 0 Å². The summed E-state index contributed by atoms with van der Waals surface area (Å²) in [6.45, 7) is 2.69. The van der Waals surface area contributed by atoms with Crippen LogP contribution in [0.1, 0.15) is 38.2 Å². The quantitative estimate of drug-likeness (QED) is 0.846. The Bertz CT molecular complexity index is 352. The molecule has 0 heterocycles. The topological polar surface area (TPSA) is 12.0 Å². The summed E-state index contributed by atoms with van der Waals surface area (Å²) in [5.41, 5.74) is 0.673. The monoisotopic (exact) mass is 239 g/mol. The standard InChI is InChI=1S/C14H19F2N/c1-10(12-4-2-3-5-12)17-9-11-6-13(15)8-14(16)7-11/h6-8,10,12,17H,2-5,9H2,1H3/t10-/m0/s1. The Balaban J connectivity index is 1.88. The molecule has 2 rings (SSSR count). The zero-order chi connectivity index (χ0) is 12.3. The molecular weight excluding hydrogens is 220 g/mol. The Morgan fingerprint density at radius 3 is 2.35 bits per heavy atom. The van der Waals surface area contributed by atoms with E-state index < -0.39 is 11.6 Å². The van der Waals surface area contributed by atoms with E-state index >= 15 is 0 Å². The average Bonchev–Trinajstić information content (AvgIpc) is 2.78. The predicted molar refractivity (Wildman–Crippen MR) is 64.6 cm³/mol. The van der Waals surface area contributed by atoms with Crippen molar-refractivity contribution in [1.82, 2.24) is 5.32 Å². The van der Waals surface area contributed by atoms with Crippen molar-refractivity contribution in [1.29, 1.82) is 0 Å². The molecule has 0 amide bonds. The molecule has 1 aromatic rings. The van der Waals surface area contributed by atoms with Gasteiger partial charge in [-0.25, -0.2) is 8.78 Å². The van der Waals surface area contributed by atoms with Gasteiger partial charge in [0, 0.05) is 18.7 Å². The first-order valence-electron chi connectivity index (χ1n) is 6.33. The normalized spacial score (nSPS) is 18.5. The smallest absolute Gasteiger partial charge is 0.126 e. The van der Waals surface area contributed by atoms with E-state index in [-0.39, 0.29) is 0 Å². The van der Waals surface area contributed by atoms with Crippen molar-refractivity contribution in [2.45, 2.75) is 45.2 Å². The summed E-state index contributed by atoms with van der Waals surface area (Å²) in [6, 6.07) is 4.10. The fourth-order valence-corrected chi connectivity index (χ4v) is 2.62. The van der Waals surface area contributed by atoms with Gasteiger partial charge in [-0.3, -0.25) is 0 Å². The van der Waals surface area contributed by atoms with Gasteiger partial charge in [0.25, 0.3) is 0 Å². The molecular formula is C14H19F2N. The van der Waals surface area contributed by atoms with Gasteiger partial charge in [-0.2, -0.15) is 0 Å². The van der Waals surface area contributed by atoms with Crippen LogP contribution in [-0.4, -0.2) is 6.04 Å². The highest BCUT2D eigenvalue weighted by Gasteiger charge is 2.20. The Hall–Kier alpha value is -0.960. The van der Waals surface area contributed by atoms with Gasteiger partial charge in [0.2, 0.25) is 0 Å². The molecule has 0 bridgehead atoms. The molecule has 0 aliphatic heterocycles. The Morgan fingerprint density at radius 1 is 1.18 bits per heavy atom. The molecule has 1 aliphatic carbocycles. The molecule has 0 unspecified atom stereocenters. The number of nitrogens with one attached hydrogen (secondary N) is 1. The molecule has 1 nitrogen and oxygen atoms in total. The van der Waals surface area contributed by atoms with Crippen LogP contribution in [-0.2, 0) is 6.54 Å². The van der Waals surface area contributed by atoms with Gasteiger partial charge >= 0.3 is 0 Å². The van der Waals surface area contributed by atoms with Crippen LogP contribution < -0.4 is 5.32 Å². The van der Waals surface area contributed by atoms with Crippen molar-refractivity contribution < 1.29 is 8.78 Å².